The smallest absolute Gasteiger partial charge is 0.314 e. The van der Waals surface area contributed by atoms with Crippen molar-refractivity contribution in [2.45, 2.75) is 44.4 Å². The van der Waals surface area contributed by atoms with Gasteiger partial charge in [0.2, 0.25) is 0 Å². The first kappa shape index (κ1) is 12.6. The molecule has 1 fully saturated rings. The normalized spacial score (nSPS) is 19.6. The maximum absolute atomic E-state index is 11.4. The largest absolute Gasteiger partial charge is 0.461 e. The Morgan fingerprint density at radius 2 is 1.76 bits per heavy atom. The van der Waals surface area contributed by atoms with E-state index >= 15 is 0 Å². The number of aryl methyl sites for hydroxylation is 2. The van der Waals surface area contributed by atoms with Crippen molar-refractivity contribution in [1.82, 2.24) is 0 Å². The van der Waals surface area contributed by atoms with Crippen molar-refractivity contribution in [3.05, 3.63) is 35.1 Å². The molecule has 1 aromatic carbocycles. The number of furan rings is 1. The number of cyclic esters (lactones) is 2. The maximum Gasteiger partial charge on any atom is 0.314 e. The summed E-state index contributed by atoms with van der Waals surface area (Å²) in [6, 6.07) is 6.03. The number of esters is 2. The summed E-state index contributed by atoms with van der Waals surface area (Å²) in [7, 11) is 0. The number of hydrogen-bond donors (Lipinski definition) is 0. The Hall–Kier alpha value is -2.10. The molecule has 0 spiro atoms. The van der Waals surface area contributed by atoms with E-state index in [0.29, 0.717) is 0 Å². The van der Waals surface area contributed by atoms with E-state index in [1.165, 1.54) is 18.4 Å². The molecule has 0 amide bonds. The Morgan fingerprint density at radius 1 is 1.00 bits per heavy atom. The van der Waals surface area contributed by atoms with Gasteiger partial charge in [0.25, 0.3) is 0 Å². The van der Waals surface area contributed by atoms with Gasteiger partial charge in [-0.3, -0.25) is 9.59 Å². The maximum atomic E-state index is 11.4. The van der Waals surface area contributed by atoms with Crippen molar-refractivity contribution in [3.8, 4) is 0 Å². The van der Waals surface area contributed by atoms with Gasteiger partial charge >= 0.3 is 11.9 Å². The molecule has 4 heteroatoms. The van der Waals surface area contributed by atoms with E-state index in [9.17, 15) is 9.59 Å². The number of benzene rings is 1. The first-order chi connectivity index (χ1) is 10.2. The van der Waals surface area contributed by atoms with Gasteiger partial charge in [-0.05, 0) is 37.0 Å². The zero-order valence-corrected chi connectivity index (χ0v) is 11.7. The summed E-state index contributed by atoms with van der Waals surface area (Å²) in [5.41, 5.74) is 3.25. The summed E-state index contributed by atoms with van der Waals surface area (Å²) in [5, 5.41) is 1.15. The van der Waals surface area contributed by atoms with Gasteiger partial charge in [-0.1, -0.05) is 6.07 Å². The van der Waals surface area contributed by atoms with E-state index in [1.807, 2.05) is 12.1 Å². The lowest BCUT2D eigenvalue weighted by Gasteiger charge is -2.20. The average Bonchev–Trinajstić information content (AvgIpc) is 2.84. The van der Waals surface area contributed by atoms with Gasteiger partial charge in [0, 0.05) is 23.3 Å². The van der Waals surface area contributed by atoms with Gasteiger partial charge < -0.3 is 9.15 Å². The van der Waals surface area contributed by atoms with Gasteiger partial charge in [0.1, 0.15) is 11.3 Å². The molecule has 108 valence electrons. The molecule has 0 saturated carbocycles. The van der Waals surface area contributed by atoms with Gasteiger partial charge in [-0.2, -0.15) is 0 Å². The van der Waals surface area contributed by atoms with Crippen molar-refractivity contribution in [3.63, 3.8) is 0 Å². The molecule has 0 atom stereocenters. The van der Waals surface area contributed by atoms with E-state index in [2.05, 4.69) is 10.8 Å². The summed E-state index contributed by atoms with van der Waals surface area (Å²) in [6.07, 6.45) is 4.99. The molecule has 0 unspecified atom stereocenters. The van der Waals surface area contributed by atoms with Gasteiger partial charge in [-0.25, -0.2) is 0 Å². The summed E-state index contributed by atoms with van der Waals surface area (Å²) in [6.45, 7) is 0. The Balaban J connectivity index is 1.76. The molecule has 1 aromatic heterocycles. The zero-order valence-electron chi connectivity index (χ0n) is 11.7. The molecule has 0 bridgehead atoms. The highest BCUT2D eigenvalue weighted by atomic mass is 16.6. The highest BCUT2D eigenvalue weighted by Crippen LogP contribution is 2.36. The summed E-state index contributed by atoms with van der Waals surface area (Å²) in [5.74, 6) is 0.181. The number of hydrogen-bond acceptors (Lipinski definition) is 4. The minimum atomic E-state index is -0.425. The van der Waals surface area contributed by atoms with Crippen LogP contribution in [-0.2, 0) is 27.2 Å². The molecule has 1 aliphatic heterocycles. The molecule has 2 heterocycles. The van der Waals surface area contributed by atoms with Crippen LogP contribution in [0.4, 0.5) is 0 Å². The van der Waals surface area contributed by atoms with Crippen LogP contribution >= 0.6 is 0 Å². The Labute approximate surface area is 122 Å². The number of ether oxygens (including phenoxy) is 1. The third-order valence-corrected chi connectivity index (χ3v) is 4.50. The molecular weight excluding hydrogens is 268 g/mol. The van der Waals surface area contributed by atoms with Gasteiger partial charge in [0.05, 0.1) is 12.8 Å². The second kappa shape index (κ2) is 4.72. The summed E-state index contributed by atoms with van der Waals surface area (Å²) < 4.78 is 10.5. The Morgan fingerprint density at radius 3 is 2.57 bits per heavy atom. The predicted octanol–water partition coefficient (Wildman–Crippen LogP) is 3.26. The fourth-order valence-corrected chi connectivity index (χ4v) is 3.45. The van der Waals surface area contributed by atoms with Crippen LogP contribution in [0, 0.1) is 0 Å². The lowest BCUT2D eigenvalue weighted by Crippen LogP contribution is -2.24. The van der Waals surface area contributed by atoms with Crippen molar-refractivity contribution in [1.29, 1.82) is 0 Å². The second-order valence-corrected chi connectivity index (χ2v) is 5.92. The molecule has 4 rings (SSSR count). The van der Waals surface area contributed by atoms with Crippen LogP contribution < -0.4 is 0 Å². The van der Waals surface area contributed by atoms with E-state index in [4.69, 9.17) is 4.42 Å². The number of rotatable bonds is 1. The number of carbonyl (C=O) groups is 2. The first-order valence-corrected chi connectivity index (χ1v) is 7.48. The van der Waals surface area contributed by atoms with Crippen molar-refractivity contribution in [2.75, 3.05) is 0 Å². The standard InChI is InChI=1S/C17H16O4/c18-16-8-11(9-17(19)21-16)10-5-6-15-13(7-10)12-3-1-2-4-14(12)20-15/h5-7,11H,1-4,8-9H2. The highest BCUT2D eigenvalue weighted by molar-refractivity contribution is 5.90. The van der Waals surface area contributed by atoms with Crippen LogP contribution in [0.2, 0.25) is 0 Å². The third-order valence-electron chi connectivity index (χ3n) is 4.50. The SMILES string of the molecule is O=C1CC(c2ccc3oc4c(c3c2)CCCC4)CC(=O)O1. The quantitative estimate of drug-likeness (QED) is 0.596. The van der Waals surface area contributed by atoms with Crippen LogP contribution in [0.25, 0.3) is 11.0 Å². The molecular formula is C17H16O4. The molecule has 0 radical (unpaired) electrons. The number of fused-ring (bicyclic) bond motifs is 3. The average molecular weight is 284 g/mol. The minimum absolute atomic E-state index is 0.0720. The second-order valence-electron chi connectivity index (χ2n) is 5.92. The predicted molar refractivity (Wildman–Crippen MR) is 75.9 cm³/mol. The lowest BCUT2D eigenvalue weighted by atomic mass is 9.89. The zero-order chi connectivity index (χ0) is 14.4. The van der Waals surface area contributed by atoms with Crippen LogP contribution in [0.1, 0.15) is 48.5 Å². The van der Waals surface area contributed by atoms with Crippen LogP contribution in [0.5, 0.6) is 0 Å². The topological polar surface area (TPSA) is 56.5 Å². The van der Waals surface area contributed by atoms with Crippen molar-refractivity contribution in [2.24, 2.45) is 0 Å². The van der Waals surface area contributed by atoms with Gasteiger partial charge in [0.15, 0.2) is 0 Å². The highest BCUT2D eigenvalue weighted by Gasteiger charge is 2.29. The van der Waals surface area contributed by atoms with E-state index in [1.54, 1.807) is 0 Å². The fraction of sp³-hybridized carbons (Fsp3) is 0.412. The Kier molecular flexibility index (Phi) is 2.84. The van der Waals surface area contributed by atoms with Crippen molar-refractivity contribution >= 4 is 22.9 Å². The molecule has 2 aliphatic rings. The van der Waals surface area contributed by atoms with E-state index in [-0.39, 0.29) is 18.8 Å². The first-order valence-electron chi connectivity index (χ1n) is 7.48. The summed E-state index contributed by atoms with van der Waals surface area (Å²) in [4.78, 5) is 22.9. The summed E-state index contributed by atoms with van der Waals surface area (Å²) >= 11 is 0. The van der Waals surface area contributed by atoms with Crippen LogP contribution in [0.15, 0.2) is 22.6 Å². The molecule has 1 aliphatic carbocycles. The molecule has 2 aromatic rings. The number of carbonyl (C=O) groups excluding carboxylic acids is 2. The molecule has 1 saturated heterocycles. The van der Waals surface area contributed by atoms with Crippen LogP contribution in [0.3, 0.4) is 0 Å². The van der Waals surface area contributed by atoms with E-state index < -0.39 is 11.9 Å². The van der Waals surface area contributed by atoms with Crippen molar-refractivity contribution < 1.29 is 18.7 Å². The molecule has 0 N–H and O–H groups in total. The monoisotopic (exact) mass is 284 g/mol. The minimum Gasteiger partial charge on any atom is -0.461 e. The fourth-order valence-electron chi connectivity index (χ4n) is 3.45. The molecule has 4 nitrogen and oxygen atoms in total. The Bertz CT molecular complexity index is 725. The van der Waals surface area contributed by atoms with Gasteiger partial charge in [-0.15, -0.1) is 0 Å². The third kappa shape index (κ3) is 2.15. The molecule has 21 heavy (non-hydrogen) atoms. The lowest BCUT2D eigenvalue weighted by molar-refractivity contribution is -0.163. The van der Waals surface area contributed by atoms with E-state index in [0.717, 1.165) is 35.1 Å². The van der Waals surface area contributed by atoms with Crippen LogP contribution in [-0.4, -0.2) is 11.9 Å².